The van der Waals surface area contributed by atoms with Crippen LogP contribution in [-0.4, -0.2) is 17.5 Å². The molecule has 0 saturated heterocycles. The third-order valence-electron chi connectivity index (χ3n) is 2.63. The zero-order valence-corrected chi connectivity index (χ0v) is 11.3. The van der Waals surface area contributed by atoms with Gasteiger partial charge in [0, 0.05) is 12.1 Å². The summed E-state index contributed by atoms with van der Waals surface area (Å²) in [7, 11) is 0. The monoisotopic (exact) mass is 274 g/mol. The van der Waals surface area contributed by atoms with Gasteiger partial charge in [0.1, 0.15) is 11.6 Å². The number of benzene rings is 1. The van der Waals surface area contributed by atoms with Crippen molar-refractivity contribution in [2.45, 2.75) is 20.3 Å². The first-order valence-electron chi connectivity index (χ1n) is 5.99. The van der Waals surface area contributed by atoms with E-state index in [9.17, 15) is 14.9 Å². The fraction of sp³-hybridized carbons (Fsp3) is 0.286. The standard InChI is InChI=1S/C14H14N2O4/c1-3-20-14(17)13(9-15)10(2)8-11-4-6-12(7-5-11)16(18)19/h4-7H,3,8H2,1-2H3. The summed E-state index contributed by atoms with van der Waals surface area (Å²) in [5.74, 6) is -0.644. The molecule has 0 unspecified atom stereocenters. The van der Waals surface area contributed by atoms with E-state index < -0.39 is 10.9 Å². The highest BCUT2D eigenvalue weighted by molar-refractivity contribution is 5.93. The molecule has 0 atom stereocenters. The van der Waals surface area contributed by atoms with Crippen LogP contribution in [-0.2, 0) is 16.0 Å². The summed E-state index contributed by atoms with van der Waals surface area (Å²) < 4.78 is 4.80. The van der Waals surface area contributed by atoms with Crippen molar-refractivity contribution in [3.63, 3.8) is 0 Å². The van der Waals surface area contributed by atoms with E-state index in [2.05, 4.69) is 0 Å². The third kappa shape index (κ3) is 3.92. The van der Waals surface area contributed by atoms with E-state index in [0.717, 1.165) is 5.56 Å². The number of esters is 1. The van der Waals surface area contributed by atoms with Gasteiger partial charge in [0.25, 0.3) is 5.69 Å². The maximum atomic E-state index is 11.6. The van der Waals surface area contributed by atoms with Crippen molar-refractivity contribution in [3.8, 4) is 6.07 Å². The van der Waals surface area contributed by atoms with Gasteiger partial charge in [-0.2, -0.15) is 5.26 Å². The predicted octanol–water partition coefficient (Wildman–Crippen LogP) is 2.54. The van der Waals surface area contributed by atoms with Crippen LogP contribution < -0.4 is 0 Å². The summed E-state index contributed by atoms with van der Waals surface area (Å²) in [6.45, 7) is 3.53. The van der Waals surface area contributed by atoms with Gasteiger partial charge in [0.15, 0.2) is 0 Å². The zero-order chi connectivity index (χ0) is 15.1. The summed E-state index contributed by atoms with van der Waals surface area (Å²) in [6.07, 6.45) is 0.361. The first kappa shape index (κ1) is 15.4. The number of nitrogens with zero attached hydrogens (tertiary/aromatic N) is 2. The first-order valence-corrected chi connectivity index (χ1v) is 5.99. The minimum atomic E-state index is -0.644. The first-order chi connectivity index (χ1) is 9.49. The Morgan fingerprint density at radius 2 is 2.00 bits per heavy atom. The number of carbonyl (C=O) groups excluding carboxylic acids is 1. The van der Waals surface area contributed by atoms with Gasteiger partial charge in [-0.25, -0.2) is 4.79 Å². The Morgan fingerprint density at radius 1 is 1.40 bits per heavy atom. The molecule has 0 aliphatic carbocycles. The number of hydrogen-bond donors (Lipinski definition) is 0. The zero-order valence-electron chi connectivity index (χ0n) is 11.3. The number of nitro groups is 1. The number of carbonyl (C=O) groups is 1. The highest BCUT2D eigenvalue weighted by Crippen LogP contribution is 2.16. The molecule has 104 valence electrons. The molecule has 0 saturated carbocycles. The van der Waals surface area contributed by atoms with Crippen molar-refractivity contribution >= 4 is 11.7 Å². The van der Waals surface area contributed by atoms with Crippen molar-refractivity contribution in [2.24, 2.45) is 0 Å². The minimum absolute atomic E-state index is 0.00119. The second kappa shape index (κ2) is 7.04. The van der Waals surface area contributed by atoms with Gasteiger partial charge < -0.3 is 4.74 Å². The van der Waals surface area contributed by atoms with Crippen LogP contribution in [0, 0.1) is 21.4 Å². The van der Waals surface area contributed by atoms with E-state index >= 15 is 0 Å². The lowest BCUT2D eigenvalue weighted by molar-refractivity contribution is -0.384. The smallest absolute Gasteiger partial charge is 0.348 e. The van der Waals surface area contributed by atoms with Crippen molar-refractivity contribution in [1.82, 2.24) is 0 Å². The lowest BCUT2D eigenvalue weighted by atomic mass is 10.0. The van der Waals surface area contributed by atoms with E-state index in [1.54, 1.807) is 26.0 Å². The van der Waals surface area contributed by atoms with Gasteiger partial charge in [-0.3, -0.25) is 10.1 Å². The predicted molar refractivity (Wildman–Crippen MR) is 71.7 cm³/mol. The maximum absolute atomic E-state index is 11.6. The fourth-order valence-electron chi connectivity index (χ4n) is 1.65. The number of nitriles is 1. The number of non-ortho nitro benzene ring substituents is 1. The Kier molecular flexibility index (Phi) is 5.42. The average molecular weight is 274 g/mol. The van der Waals surface area contributed by atoms with Crippen molar-refractivity contribution < 1.29 is 14.5 Å². The van der Waals surface area contributed by atoms with E-state index in [-0.39, 0.29) is 17.9 Å². The van der Waals surface area contributed by atoms with E-state index in [1.807, 2.05) is 6.07 Å². The van der Waals surface area contributed by atoms with Crippen LogP contribution in [0.4, 0.5) is 5.69 Å². The van der Waals surface area contributed by atoms with Crippen LogP contribution in [0.5, 0.6) is 0 Å². The molecule has 1 rings (SSSR count). The molecule has 0 heterocycles. The normalized spacial score (nSPS) is 11.2. The summed E-state index contributed by atoms with van der Waals surface area (Å²) in [4.78, 5) is 21.6. The van der Waals surface area contributed by atoms with Crippen LogP contribution >= 0.6 is 0 Å². The molecular formula is C14H14N2O4. The second-order valence-electron chi connectivity index (χ2n) is 4.09. The Bertz CT molecular complexity index is 582. The van der Waals surface area contributed by atoms with Crippen LogP contribution in [0.2, 0.25) is 0 Å². The Hall–Kier alpha value is -2.68. The number of nitro benzene ring substituents is 1. The molecule has 0 aromatic heterocycles. The van der Waals surface area contributed by atoms with Crippen LogP contribution in [0.1, 0.15) is 19.4 Å². The third-order valence-corrected chi connectivity index (χ3v) is 2.63. The Balaban J connectivity index is 2.93. The molecule has 0 fully saturated rings. The summed E-state index contributed by atoms with van der Waals surface area (Å²) >= 11 is 0. The fourth-order valence-corrected chi connectivity index (χ4v) is 1.65. The van der Waals surface area contributed by atoms with Gasteiger partial charge in [-0.15, -0.1) is 0 Å². The summed E-state index contributed by atoms with van der Waals surface area (Å²) in [5, 5.41) is 19.5. The molecule has 0 aliphatic rings. The van der Waals surface area contributed by atoms with E-state index in [1.165, 1.54) is 12.1 Å². The van der Waals surface area contributed by atoms with Gasteiger partial charge in [-0.1, -0.05) is 12.1 Å². The molecule has 0 amide bonds. The number of rotatable bonds is 5. The molecule has 0 spiro atoms. The lowest BCUT2D eigenvalue weighted by Gasteiger charge is -2.05. The van der Waals surface area contributed by atoms with E-state index in [0.29, 0.717) is 12.0 Å². The Morgan fingerprint density at radius 3 is 2.45 bits per heavy atom. The molecule has 6 heteroatoms. The molecule has 1 aromatic rings. The van der Waals surface area contributed by atoms with Crippen LogP contribution in [0.3, 0.4) is 0 Å². The largest absolute Gasteiger partial charge is 0.462 e. The van der Waals surface area contributed by atoms with Crippen molar-refractivity contribution in [1.29, 1.82) is 5.26 Å². The molecule has 1 aromatic carbocycles. The second-order valence-corrected chi connectivity index (χ2v) is 4.09. The van der Waals surface area contributed by atoms with Crippen molar-refractivity contribution in [3.05, 3.63) is 51.1 Å². The van der Waals surface area contributed by atoms with Gasteiger partial charge >= 0.3 is 5.97 Å². The summed E-state index contributed by atoms with van der Waals surface area (Å²) in [6, 6.07) is 7.81. The van der Waals surface area contributed by atoms with Gasteiger partial charge in [-0.05, 0) is 31.4 Å². The average Bonchev–Trinajstić information content (AvgIpc) is 2.40. The Labute approximate surface area is 116 Å². The van der Waals surface area contributed by atoms with Crippen LogP contribution in [0.25, 0.3) is 0 Å². The molecule has 20 heavy (non-hydrogen) atoms. The highest BCUT2D eigenvalue weighted by atomic mass is 16.6. The molecule has 0 radical (unpaired) electrons. The molecule has 0 N–H and O–H groups in total. The molecule has 6 nitrogen and oxygen atoms in total. The summed E-state index contributed by atoms with van der Waals surface area (Å²) in [5.41, 5.74) is 1.33. The van der Waals surface area contributed by atoms with Crippen molar-refractivity contribution in [2.75, 3.05) is 6.61 Å². The quantitative estimate of drug-likeness (QED) is 0.270. The molecule has 0 bridgehead atoms. The molecular weight excluding hydrogens is 260 g/mol. The maximum Gasteiger partial charge on any atom is 0.348 e. The van der Waals surface area contributed by atoms with Crippen LogP contribution in [0.15, 0.2) is 35.4 Å². The lowest BCUT2D eigenvalue weighted by Crippen LogP contribution is -2.09. The highest BCUT2D eigenvalue weighted by Gasteiger charge is 2.14. The number of allylic oxidation sites excluding steroid dienone is 1. The SMILES string of the molecule is CCOC(=O)C(C#N)=C(C)Cc1ccc([N+](=O)[O-])cc1. The topological polar surface area (TPSA) is 93.2 Å². The van der Waals surface area contributed by atoms with Gasteiger partial charge in [0.05, 0.1) is 11.5 Å². The number of hydrogen-bond acceptors (Lipinski definition) is 5. The number of ether oxygens (including phenoxy) is 1. The minimum Gasteiger partial charge on any atom is -0.462 e. The van der Waals surface area contributed by atoms with Gasteiger partial charge in [0.2, 0.25) is 0 Å². The van der Waals surface area contributed by atoms with E-state index in [4.69, 9.17) is 10.00 Å². The molecule has 0 aliphatic heterocycles.